The van der Waals surface area contributed by atoms with E-state index < -0.39 is 0 Å². The lowest BCUT2D eigenvalue weighted by molar-refractivity contribution is 1.49. The topological polar surface area (TPSA) is 47.7 Å². The van der Waals surface area contributed by atoms with E-state index in [-0.39, 0.29) is 5.71 Å². The third kappa shape index (κ3) is 1.29. The van der Waals surface area contributed by atoms with Gasteiger partial charge in [0, 0.05) is 11.8 Å². The molecule has 2 heteroatoms. The molecule has 10 heavy (non-hydrogen) atoms. The SMILES string of the molecule is N=CC(=N)c1ccccc1. The third-order valence-corrected chi connectivity index (χ3v) is 1.23. The number of hydrogen-bond acceptors (Lipinski definition) is 2. The van der Waals surface area contributed by atoms with Crippen LogP contribution in [0.1, 0.15) is 5.56 Å². The summed E-state index contributed by atoms with van der Waals surface area (Å²) in [6.07, 6.45) is 1.04. The van der Waals surface area contributed by atoms with Gasteiger partial charge >= 0.3 is 0 Å². The zero-order valence-corrected chi connectivity index (χ0v) is 5.46. The van der Waals surface area contributed by atoms with Crippen LogP contribution < -0.4 is 0 Å². The molecule has 0 bridgehead atoms. The molecule has 0 aromatic heterocycles. The molecule has 0 heterocycles. The van der Waals surface area contributed by atoms with E-state index >= 15 is 0 Å². The summed E-state index contributed by atoms with van der Waals surface area (Å²) in [5.74, 6) is 0. The Balaban J connectivity index is 2.95. The lowest BCUT2D eigenvalue weighted by Crippen LogP contribution is -1.97. The molecule has 0 saturated carbocycles. The van der Waals surface area contributed by atoms with E-state index in [1.807, 2.05) is 30.3 Å². The number of rotatable bonds is 2. The molecule has 2 nitrogen and oxygen atoms in total. The molecule has 0 fully saturated rings. The summed E-state index contributed by atoms with van der Waals surface area (Å²) in [5.41, 5.74) is 1.04. The van der Waals surface area contributed by atoms with Gasteiger partial charge < -0.3 is 5.41 Å². The Morgan fingerprint density at radius 2 is 1.80 bits per heavy atom. The fourth-order valence-corrected chi connectivity index (χ4v) is 0.701. The maximum absolute atomic E-state index is 7.24. The third-order valence-electron chi connectivity index (χ3n) is 1.23. The van der Waals surface area contributed by atoms with Gasteiger partial charge in [0.15, 0.2) is 0 Å². The van der Waals surface area contributed by atoms with E-state index in [0.29, 0.717) is 0 Å². The first-order chi connectivity index (χ1) is 4.84. The second-order valence-corrected chi connectivity index (χ2v) is 1.92. The van der Waals surface area contributed by atoms with Crippen LogP contribution in [0.5, 0.6) is 0 Å². The monoisotopic (exact) mass is 132 g/mol. The van der Waals surface area contributed by atoms with E-state index in [2.05, 4.69) is 0 Å². The first-order valence-corrected chi connectivity index (χ1v) is 2.99. The number of benzene rings is 1. The van der Waals surface area contributed by atoms with Crippen molar-refractivity contribution in [2.45, 2.75) is 0 Å². The molecule has 0 radical (unpaired) electrons. The maximum Gasteiger partial charge on any atom is 0.0787 e. The van der Waals surface area contributed by atoms with Gasteiger partial charge in [-0.05, 0) is 0 Å². The molecular weight excluding hydrogens is 124 g/mol. The van der Waals surface area contributed by atoms with Crippen LogP contribution in [0.25, 0.3) is 0 Å². The fourth-order valence-electron chi connectivity index (χ4n) is 0.701. The van der Waals surface area contributed by atoms with Crippen LogP contribution in [0.4, 0.5) is 0 Å². The fraction of sp³-hybridized carbons (Fsp3) is 0. The van der Waals surface area contributed by atoms with Gasteiger partial charge in [-0.2, -0.15) is 0 Å². The van der Waals surface area contributed by atoms with Gasteiger partial charge in [-0.1, -0.05) is 30.3 Å². The van der Waals surface area contributed by atoms with E-state index in [1.165, 1.54) is 0 Å². The van der Waals surface area contributed by atoms with E-state index in [9.17, 15) is 0 Å². The van der Waals surface area contributed by atoms with Crippen molar-refractivity contribution >= 4 is 11.9 Å². The molecule has 1 rings (SSSR count). The minimum Gasteiger partial charge on any atom is -0.307 e. The van der Waals surface area contributed by atoms with Crippen molar-refractivity contribution in [2.24, 2.45) is 0 Å². The zero-order valence-electron chi connectivity index (χ0n) is 5.46. The molecule has 0 atom stereocenters. The van der Waals surface area contributed by atoms with E-state index in [1.54, 1.807) is 0 Å². The second-order valence-electron chi connectivity index (χ2n) is 1.92. The summed E-state index contributed by atoms with van der Waals surface area (Å²) in [6, 6.07) is 9.22. The van der Waals surface area contributed by atoms with Gasteiger partial charge in [-0.3, -0.25) is 5.41 Å². The Morgan fingerprint density at radius 3 is 2.30 bits per heavy atom. The van der Waals surface area contributed by atoms with E-state index in [0.717, 1.165) is 11.8 Å². The minimum absolute atomic E-state index is 0.251. The van der Waals surface area contributed by atoms with Gasteiger partial charge in [0.2, 0.25) is 0 Å². The lowest BCUT2D eigenvalue weighted by atomic mass is 10.1. The Kier molecular flexibility index (Phi) is 1.95. The van der Waals surface area contributed by atoms with Crippen molar-refractivity contribution in [2.75, 3.05) is 0 Å². The van der Waals surface area contributed by atoms with Crippen molar-refractivity contribution in [3.05, 3.63) is 35.9 Å². The van der Waals surface area contributed by atoms with Crippen molar-refractivity contribution in [1.82, 2.24) is 0 Å². The summed E-state index contributed by atoms with van der Waals surface area (Å²) < 4.78 is 0. The quantitative estimate of drug-likeness (QED) is 0.575. The molecule has 0 aliphatic rings. The van der Waals surface area contributed by atoms with Gasteiger partial charge in [0.1, 0.15) is 0 Å². The van der Waals surface area contributed by atoms with Crippen molar-refractivity contribution in [3.63, 3.8) is 0 Å². The Labute approximate surface area is 59.5 Å². The molecular formula is C8H8N2. The van der Waals surface area contributed by atoms with Gasteiger partial charge in [0.25, 0.3) is 0 Å². The van der Waals surface area contributed by atoms with E-state index in [4.69, 9.17) is 10.8 Å². The highest BCUT2D eigenvalue weighted by Crippen LogP contribution is 1.96. The average Bonchev–Trinajstić information content (AvgIpc) is 2.05. The molecule has 0 aliphatic carbocycles. The Bertz CT molecular complexity index is 239. The molecule has 1 aromatic carbocycles. The normalized spacial score (nSPS) is 8.80. The predicted octanol–water partition coefficient (Wildman–Crippen LogP) is 1.70. The highest BCUT2D eigenvalue weighted by Gasteiger charge is 1.92. The summed E-state index contributed by atoms with van der Waals surface area (Å²) in [5, 5.41) is 14.0. The van der Waals surface area contributed by atoms with Gasteiger partial charge in [-0.25, -0.2) is 0 Å². The lowest BCUT2D eigenvalue weighted by Gasteiger charge is -1.93. The zero-order chi connectivity index (χ0) is 7.40. The molecule has 0 unspecified atom stereocenters. The second kappa shape index (κ2) is 2.92. The summed E-state index contributed by atoms with van der Waals surface area (Å²) in [4.78, 5) is 0. The van der Waals surface area contributed by atoms with Crippen LogP contribution in [0, 0.1) is 10.8 Å². The Morgan fingerprint density at radius 1 is 1.20 bits per heavy atom. The average molecular weight is 132 g/mol. The van der Waals surface area contributed by atoms with Crippen molar-refractivity contribution in [1.29, 1.82) is 10.8 Å². The largest absolute Gasteiger partial charge is 0.307 e. The minimum atomic E-state index is 0.251. The summed E-state index contributed by atoms with van der Waals surface area (Å²) in [6.45, 7) is 0. The van der Waals surface area contributed by atoms with Gasteiger partial charge in [0.05, 0.1) is 5.71 Å². The van der Waals surface area contributed by atoms with Crippen LogP contribution >= 0.6 is 0 Å². The smallest absolute Gasteiger partial charge is 0.0787 e. The first-order valence-electron chi connectivity index (χ1n) is 2.99. The van der Waals surface area contributed by atoms with Crippen LogP contribution in [0.15, 0.2) is 30.3 Å². The molecule has 0 saturated heterocycles. The molecule has 2 N–H and O–H groups in total. The number of hydrogen-bond donors (Lipinski definition) is 2. The Hall–Kier alpha value is -1.44. The van der Waals surface area contributed by atoms with Crippen LogP contribution in [0.3, 0.4) is 0 Å². The predicted molar refractivity (Wildman–Crippen MR) is 42.1 cm³/mol. The van der Waals surface area contributed by atoms with Crippen LogP contribution in [-0.2, 0) is 0 Å². The summed E-state index contributed by atoms with van der Waals surface area (Å²) in [7, 11) is 0. The van der Waals surface area contributed by atoms with Crippen LogP contribution in [0.2, 0.25) is 0 Å². The van der Waals surface area contributed by atoms with Crippen LogP contribution in [-0.4, -0.2) is 11.9 Å². The molecule has 0 aliphatic heterocycles. The summed E-state index contributed by atoms with van der Waals surface area (Å²) >= 11 is 0. The molecule has 1 aromatic rings. The maximum atomic E-state index is 7.24. The van der Waals surface area contributed by atoms with Crippen molar-refractivity contribution in [3.8, 4) is 0 Å². The number of nitrogens with one attached hydrogen (secondary N) is 2. The highest BCUT2D eigenvalue weighted by molar-refractivity contribution is 6.35. The molecule has 0 amide bonds. The highest BCUT2D eigenvalue weighted by atomic mass is 14.5. The standard InChI is InChI=1S/C8H8N2/c9-6-8(10)7-4-2-1-3-5-7/h1-6,9-10H. The molecule has 0 spiro atoms. The first kappa shape index (κ1) is 6.68. The van der Waals surface area contributed by atoms with Gasteiger partial charge in [-0.15, -0.1) is 0 Å². The van der Waals surface area contributed by atoms with Crippen molar-refractivity contribution < 1.29 is 0 Å². The molecule has 50 valence electrons.